The maximum Gasteiger partial charge on any atom is 0.409 e. The second-order valence-corrected chi connectivity index (χ2v) is 11.8. The number of carbonyl (C=O) groups is 3. The SMILES string of the molecule is C=CC=C.C=CCCOC(=O)N1CCN(C(=O)/C(C=C)=C/C=C\CCC)CC1.CC.CN1CCC(n2ccc3ccc(C(N)=O)cc32)CC1.COC. The van der Waals surface area contributed by atoms with Crippen LogP contribution in [-0.2, 0) is 14.3 Å². The number of hydrogen-bond donors (Lipinski definition) is 1. The highest BCUT2D eigenvalue weighted by atomic mass is 16.6. The number of primary amides is 1. The number of nitrogens with zero attached hydrogens (tertiary/aromatic N) is 4. The first-order valence-electron chi connectivity index (χ1n) is 18.2. The first kappa shape index (κ1) is 47.3. The van der Waals surface area contributed by atoms with Crippen molar-refractivity contribution in [1.29, 1.82) is 0 Å². The summed E-state index contributed by atoms with van der Waals surface area (Å²) >= 11 is 0. The number of rotatable bonds is 11. The van der Waals surface area contributed by atoms with Gasteiger partial charge in [0.1, 0.15) is 0 Å². The average molecular weight is 720 g/mol. The number of unbranched alkanes of at least 4 members (excludes halogenated alkanes) is 1. The van der Waals surface area contributed by atoms with Crippen molar-refractivity contribution in [3.8, 4) is 0 Å². The van der Waals surface area contributed by atoms with Crippen LogP contribution in [0.1, 0.15) is 69.3 Å². The molecule has 2 saturated heterocycles. The van der Waals surface area contributed by atoms with Gasteiger partial charge in [0.25, 0.3) is 5.91 Å². The number of allylic oxidation sites excluding steroid dienone is 5. The third kappa shape index (κ3) is 17.5. The van der Waals surface area contributed by atoms with E-state index in [2.05, 4.69) is 66.8 Å². The molecule has 2 fully saturated rings. The Kier molecular flexibility index (Phi) is 26.4. The molecule has 52 heavy (non-hydrogen) atoms. The van der Waals surface area contributed by atoms with Crippen molar-refractivity contribution < 1.29 is 23.9 Å². The number of carbonyl (C=O) groups excluding carboxylic acids is 3. The fourth-order valence-electron chi connectivity index (χ4n) is 5.15. The van der Waals surface area contributed by atoms with Crippen molar-refractivity contribution >= 4 is 28.8 Å². The lowest BCUT2D eigenvalue weighted by atomic mass is 10.0. The molecule has 2 aliphatic heterocycles. The van der Waals surface area contributed by atoms with Gasteiger partial charge in [0.05, 0.1) is 6.61 Å². The number of ether oxygens (including phenoxy) is 2. The van der Waals surface area contributed by atoms with E-state index in [0.29, 0.717) is 56.4 Å². The molecule has 2 aromatic rings. The van der Waals surface area contributed by atoms with E-state index in [1.54, 1.807) is 60.5 Å². The third-order valence-corrected chi connectivity index (χ3v) is 7.96. The van der Waals surface area contributed by atoms with E-state index in [9.17, 15) is 14.4 Å². The number of aromatic nitrogens is 1. The predicted molar refractivity (Wildman–Crippen MR) is 218 cm³/mol. The van der Waals surface area contributed by atoms with E-state index in [1.807, 2.05) is 38.1 Å². The smallest absolute Gasteiger partial charge is 0.409 e. The van der Waals surface area contributed by atoms with Crippen LogP contribution in [0.4, 0.5) is 4.79 Å². The normalized spacial score (nSPS) is 14.5. The van der Waals surface area contributed by atoms with Gasteiger partial charge in [-0.15, -0.1) is 6.58 Å². The summed E-state index contributed by atoms with van der Waals surface area (Å²) < 4.78 is 11.7. The van der Waals surface area contributed by atoms with Gasteiger partial charge in [0, 0.05) is 69.3 Å². The van der Waals surface area contributed by atoms with Crippen LogP contribution in [0.3, 0.4) is 0 Å². The quantitative estimate of drug-likeness (QED) is 0.109. The maximum atomic E-state index is 12.5. The van der Waals surface area contributed by atoms with Crippen molar-refractivity contribution in [2.75, 3.05) is 67.1 Å². The Hall–Kier alpha value is -4.67. The van der Waals surface area contributed by atoms with Gasteiger partial charge in [0.15, 0.2) is 0 Å². The van der Waals surface area contributed by atoms with E-state index in [-0.39, 0.29) is 17.9 Å². The van der Waals surface area contributed by atoms with Crippen molar-refractivity contribution in [2.45, 2.75) is 58.9 Å². The summed E-state index contributed by atoms with van der Waals surface area (Å²) in [6.07, 6.45) is 19.1. The van der Waals surface area contributed by atoms with E-state index < -0.39 is 0 Å². The molecule has 1 aromatic carbocycles. The van der Waals surface area contributed by atoms with Gasteiger partial charge < -0.3 is 34.5 Å². The summed E-state index contributed by atoms with van der Waals surface area (Å²) in [7, 11) is 5.41. The molecule has 288 valence electrons. The van der Waals surface area contributed by atoms with Gasteiger partial charge in [-0.05, 0) is 75.5 Å². The molecule has 2 aliphatic rings. The lowest BCUT2D eigenvalue weighted by molar-refractivity contribution is -0.128. The Morgan fingerprint density at radius 3 is 2.02 bits per heavy atom. The predicted octanol–water partition coefficient (Wildman–Crippen LogP) is 7.97. The van der Waals surface area contributed by atoms with Crippen molar-refractivity contribution in [3.05, 3.63) is 110 Å². The maximum absolute atomic E-state index is 12.5. The van der Waals surface area contributed by atoms with Crippen molar-refractivity contribution in [1.82, 2.24) is 19.3 Å². The summed E-state index contributed by atoms with van der Waals surface area (Å²) in [6.45, 7) is 24.7. The second kappa shape index (κ2) is 29.0. The molecule has 0 atom stereocenters. The van der Waals surface area contributed by atoms with Crippen LogP contribution in [0.5, 0.6) is 0 Å². The van der Waals surface area contributed by atoms with E-state index in [0.717, 1.165) is 44.3 Å². The summed E-state index contributed by atoms with van der Waals surface area (Å²) in [5, 5.41) is 1.17. The minimum Gasteiger partial charge on any atom is -0.449 e. The molecule has 10 heteroatoms. The van der Waals surface area contributed by atoms with Crippen molar-refractivity contribution in [3.63, 3.8) is 0 Å². The molecule has 0 bridgehead atoms. The Bertz CT molecular complexity index is 1420. The number of amides is 3. The number of fused-ring (bicyclic) bond motifs is 1. The van der Waals surface area contributed by atoms with Gasteiger partial charge in [-0.25, -0.2) is 4.79 Å². The second-order valence-electron chi connectivity index (χ2n) is 11.8. The Balaban J connectivity index is 0.000000825. The number of piperazine rings is 1. The Morgan fingerprint density at radius 1 is 0.904 bits per heavy atom. The van der Waals surface area contributed by atoms with Crippen LogP contribution in [-0.4, -0.2) is 104 Å². The standard InChI is InChI=1S/C19H28N2O3.C15H19N3O.C4H6.C2H6O.C2H6/c1-4-7-9-10-11-17(6-3)18(22)20-12-14-21(15-13-20)19(23)24-16-8-5-2;1-17-7-5-13(6-8-17)18-9-4-11-2-3-12(15(16)19)10-14(11)18;1-3-4-2;1-3-2;1-2/h5-6,9-11H,2-4,7-8,12-16H2,1H3;2-4,9-10,13H,5-8H2,1H3,(H2,16,19);3-4H,1-2H2;1-2H3;1-2H3/b10-9-,17-11+;;;;. The minimum absolute atomic E-state index is 0.0502. The number of hydrogen-bond acceptors (Lipinski definition) is 6. The molecule has 0 aliphatic carbocycles. The zero-order valence-electron chi connectivity index (χ0n) is 32.7. The average Bonchev–Trinajstić information content (AvgIpc) is 3.60. The van der Waals surface area contributed by atoms with Crippen LogP contribution >= 0.6 is 0 Å². The number of piperidine rings is 1. The first-order valence-corrected chi connectivity index (χ1v) is 18.2. The number of nitrogens with two attached hydrogens (primary N) is 1. The number of likely N-dealkylation sites (tertiary alicyclic amines) is 1. The molecule has 3 amide bonds. The zero-order valence-corrected chi connectivity index (χ0v) is 32.7. The molecule has 1 aromatic heterocycles. The lowest BCUT2D eigenvalue weighted by Crippen LogP contribution is -2.51. The van der Waals surface area contributed by atoms with E-state index in [4.69, 9.17) is 10.5 Å². The van der Waals surface area contributed by atoms with Gasteiger partial charge in [-0.2, -0.15) is 0 Å². The van der Waals surface area contributed by atoms with Crippen LogP contribution in [0.25, 0.3) is 10.9 Å². The summed E-state index contributed by atoms with van der Waals surface area (Å²) in [6, 6.07) is 8.32. The van der Waals surface area contributed by atoms with E-state index >= 15 is 0 Å². The number of benzene rings is 1. The molecular formula is C42H65N5O5. The van der Waals surface area contributed by atoms with Crippen LogP contribution in [0.2, 0.25) is 0 Å². The molecule has 3 heterocycles. The monoisotopic (exact) mass is 719 g/mol. The van der Waals surface area contributed by atoms with Crippen LogP contribution in [0, 0.1) is 0 Å². The molecule has 2 N–H and O–H groups in total. The minimum atomic E-state index is -0.363. The highest BCUT2D eigenvalue weighted by Crippen LogP contribution is 2.28. The lowest BCUT2D eigenvalue weighted by Gasteiger charge is -2.34. The zero-order chi connectivity index (χ0) is 39.3. The fraction of sp³-hybridized carbons (Fsp3) is 0.452. The molecule has 0 saturated carbocycles. The van der Waals surface area contributed by atoms with E-state index in [1.165, 1.54) is 5.39 Å². The summed E-state index contributed by atoms with van der Waals surface area (Å²) in [5.74, 6) is -0.413. The largest absolute Gasteiger partial charge is 0.449 e. The first-order chi connectivity index (χ1) is 25.1. The van der Waals surface area contributed by atoms with Crippen LogP contribution in [0.15, 0.2) is 105 Å². The Labute approximate surface area is 313 Å². The van der Waals surface area contributed by atoms with Crippen molar-refractivity contribution in [2.24, 2.45) is 5.73 Å². The number of methoxy groups -OCH3 is 1. The highest BCUT2D eigenvalue weighted by molar-refractivity contribution is 5.97. The van der Waals surface area contributed by atoms with Gasteiger partial charge >= 0.3 is 6.09 Å². The van der Waals surface area contributed by atoms with Gasteiger partial charge in [-0.1, -0.05) is 89.5 Å². The molecule has 0 unspecified atom stereocenters. The fourth-order valence-corrected chi connectivity index (χ4v) is 5.15. The molecule has 4 rings (SSSR count). The summed E-state index contributed by atoms with van der Waals surface area (Å²) in [4.78, 5) is 41.4. The molecule has 0 spiro atoms. The van der Waals surface area contributed by atoms with Crippen LogP contribution < -0.4 is 5.73 Å². The molecule has 10 nitrogen and oxygen atoms in total. The summed E-state index contributed by atoms with van der Waals surface area (Å²) in [5.41, 5.74) is 7.64. The van der Waals surface area contributed by atoms with Gasteiger partial charge in [-0.3, -0.25) is 9.59 Å². The third-order valence-electron chi connectivity index (χ3n) is 7.96. The Morgan fingerprint density at radius 2 is 1.50 bits per heavy atom. The molecular weight excluding hydrogens is 654 g/mol. The molecule has 0 radical (unpaired) electrons. The highest BCUT2D eigenvalue weighted by Gasteiger charge is 2.25. The van der Waals surface area contributed by atoms with Gasteiger partial charge in [0.2, 0.25) is 5.91 Å². The topological polar surface area (TPSA) is 110 Å².